The van der Waals surface area contributed by atoms with Crippen LogP contribution in [-0.4, -0.2) is 43.0 Å². The molecule has 1 atom stereocenters. The lowest BCUT2D eigenvalue weighted by molar-refractivity contribution is 0.187. The number of hydrogen-bond donors (Lipinski definition) is 3. The van der Waals surface area contributed by atoms with Crippen LogP contribution < -0.4 is 11.1 Å². The molecule has 0 aliphatic rings. The van der Waals surface area contributed by atoms with Gasteiger partial charge in [-0.15, -0.1) is 11.3 Å². The predicted octanol–water partition coefficient (Wildman–Crippen LogP) is 3.07. The normalized spacial score (nSPS) is 13.4. The number of benzene rings is 1. The summed E-state index contributed by atoms with van der Waals surface area (Å²) in [5.74, 6) is 0.819. The number of aliphatic imine (C=N–C) groups is 1. The van der Waals surface area contributed by atoms with E-state index in [2.05, 4.69) is 27.3 Å². The lowest BCUT2D eigenvalue weighted by Crippen LogP contribution is -2.18. The predicted molar refractivity (Wildman–Crippen MR) is 104 cm³/mol. The van der Waals surface area contributed by atoms with Gasteiger partial charge in [0.25, 0.3) is 0 Å². The van der Waals surface area contributed by atoms with Crippen molar-refractivity contribution >= 4 is 22.2 Å². The molecule has 0 aliphatic heterocycles. The third-order valence-electron chi connectivity index (χ3n) is 3.72. The van der Waals surface area contributed by atoms with Crippen molar-refractivity contribution in [2.45, 2.75) is 20.1 Å². The third-order valence-corrected chi connectivity index (χ3v) is 4.99. The summed E-state index contributed by atoms with van der Waals surface area (Å²) in [6, 6.07) is 10.1. The largest absolute Gasteiger partial charge is 0.374 e. The Balaban J connectivity index is 2.29. The molecular weight excluding hydrogens is 320 g/mol. The molecule has 0 amide bonds. The molecule has 0 spiro atoms. The average Bonchev–Trinajstić information content (AvgIpc) is 2.84. The van der Waals surface area contributed by atoms with Crippen molar-refractivity contribution in [1.82, 2.24) is 4.90 Å². The van der Waals surface area contributed by atoms with Crippen LogP contribution in [0.5, 0.6) is 0 Å². The first-order chi connectivity index (χ1) is 11.4. The van der Waals surface area contributed by atoms with Gasteiger partial charge >= 0.3 is 0 Å². The van der Waals surface area contributed by atoms with Gasteiger partial charge in [-0.05, 0) is 39.1 Å². The van der Waals surface area contributed by atoms with Gasteiger partial charge < -0.3 is 21.1 Å². The molecule has 0 saturated carbocycles. The minimum absolute atomic E-state index is 0.724. The summed E-state index contributed by atoms with van der Waals surface area (Å²) < 4.78 is 0. The fourth-order valence-electron chi connectivity index (χ4n) is 2.46. The maximum Gasteiger partial charge on any atom is 0.131 e. The van der Waals surface area contributed by atoms with Crippen LogP contribution in [0.1, 0.15) is 24.3 Å². The van der Waals surface area contributed by atoms with E-state index < -0.39 is 6.23 Å². The molecule has 0 radical (unpaired) electrons. The van der Waals surface area contributed by atoms with Gasteiger partial charge in [0.15, 0.2) is 0 Å². The second kappa shape index (κ2) is 8.39. The minimum atomic E-state index is -1.02. The zero-order chi connectivity index (χ0) is 17.7. The highest BCUT2D eigenvalue weighted by molar-refractivity contribution is 7.20. The second-order valence-electron chi connectivity index (χ2n) is 6.01. The van der Waals surface area contributed by atoms with E-state index in [4.69, 9.17) is 5.73 Å². The molecule has 1 unspecified atom stereocenters. The Kier molecular flexibility index (Phi) is 6.51. The van der Waals surface area contributed by atoms with Crippen molar-refractivity contribution in [3.8, 4) is 10.4 Å². The lowest BCUT2D eigenvalue weighted by Gasteiger charge is -2.11. The number of rotatable bonds is 6. The summed E-state index contributed by atoms with van der Waals surface area (Å²) in [7, 11) is 4.05. The summed E-state index contributed by atoms with van der Waals surface area (Å²) in [4.78, 5) is 7.72. The topological polar surface area (TPSA) is 73.9 Å². The fourth-order valence-corrected chi connectivity index (χ4v) is 3.77. The Morgan fingerprint density at radius 1 is 1.33 bits per heavy atom. The lowest BCUT2D eigenvalue weighted by atomic mass is 10.1. The SMILES string of the molecule is CC(=NCCN(C)C)Nc1sc(-c2ccccc2)c(C)c1C(N)O. The van der Waals surface area contributed by atoms with E-state index in [1.165, 1.54) is 0 Å². The van der Waals surface area contributed by atoms with Gasteiger partial charge in [-0.25, -0.2) is 0 Å². The van der Waals surface area contributed by atoms with Crippen molar-refractivity contribution in [3.63, 3.8) is 0 Å². The smallest absolute Gasteiger partial charge is 0.131 e. The zero-order valence-corrected chi connectivity index (χ0v) is 15.5. The zero-order valence-electron chi connectivity index (χ0n) is 14.7. The van der Waals surface area contributed by atoms with Gasteiger partial charge in [-0.2, -0.15) is 0 Å². The molecular formula is C18H26N4OS. The van der Waals surface area contributed by atoms with Crippen LogP contribution in [0, 0.1) is 6.92 Å². The van der Waals surface area contributed by atoms with E-state index in [0.29, 0.717) is 0 Å². The van der Waals surface area contributed by atoms with E-state index in [1.807, 2.05) is 46.1 Å². The Morgan fingerprint density at radius 2 is 2.00 bits per heavy atom. The first-order valence-electron chi connectivity index (χ1n) is 7.95. The summed E-state index contributed by atoms with van der Waals surface area (Å²) in [6.07, 6.45) is -1.02. The molecule has 0 bridgehead atoms. The van der Waals surface area contributed by atoms with Gasteiger partial charge in [0.05, 0.1) is 12.4 Å². The average molecular weight is 347 g/mol. The van der Waals surface area contributed by atoms with Crippen LogP contribution in [-0.2, 0) is 0 Å². The summed E-state index contributed by atoms with van der Waals surface area (Å²) >= 11 is 1.59. The Morgan fingerprint density at radius 3 is 2.58 bits per heavy atom. The monoisotopic (exact) mass is 346 g/mol. The van der Waals surface area contributed by atoms with Gasteiger partial charge in [-0.3, -0.25) is 4.99 Å². The Hall–Kier alpha value is -1.73. The van der Waals surface area contributed by atoms with Crippen molar-refractivity contribution in [3.05, 3.63) is 41.5 Å². The van der Waals surface area contributed by atoms with Gasteiger partial charge in [0.2, 0.25) is 0 Å². The Labute approximate surface area is 147 Å². The van der Waals surface area contributed by atoms with Gasteiger partial charge in [-0.1, -0.05) is 30.3 Å². The van der Waals surface area contributed by atoms with Gasteiger partial charge in [0, 0.05) is 17.0 Å². The van der Waals surface area contributed by atoms with Crippen molar-refractivity contribution in [1.29, 1.82) is 0 Å². The molecule has 1 heterocycles. The highest BCUT2D eigenvalue weighted by Gasteiger charge is 2.20. The quantitative estimate of drug-likeness (QED) is 0.427. The van der Waals surface area contributed by atoms with Crippen molar-refractivity contribution in [2.24, 2.45) is 10.7 Å². The number of nitrogens with zero attached hydrogens (tertiary/aromatic N) is 2. The molecule has 130 valence electrons. The van der Waals surface area contributed by atoms with Crippen molar-refractivity contribution in [2.75, 3.05) is 32.5 Å². The van der Waals surface area contributed by atoms with E-state index in [1.54, 1.807) is 11.3 Å². The first-order valence-corrected chi connectivity index (χ1v) is 8.77. The molecule has 0 fully saturated rings. The van der Waals surface area contributed by atoms with E-state index in [-0.39, 0.29) is 0 Å². The number of hydrogen-bond acceptors (Lipinski definition) is 5. The molecule has 2 aromatic rings. The first kappa shape index (κ1) is 18.6. The van der Waals surface area contributed by atoms with Crippen LogP contribution in [0.2, 0.25) is 0 Å². The molecule has 1 aromatic carbocycles. The number of likely N-dealkylation sites (N-methyl/N-ethyl adjacent to an activating group) is 1. The number of nitrogens with two attached hydrogens (primary N) is 1. The van der Waals surface area contributed by atoms with Crippen LogP contribution in [0.25, 0.3) is 10.4 Å². The van der Waals surface area contributed by atoms with Crippen LogP contribution >= 0.6 is 11.3 Å². The minimum Gasteiger partial charge on any atom is -0.374 e. The molecule has 24 heavy (non-hydrogen) atoms. The maximum atomic E-state index is 10.0. The van der Waals surface area contributed by atoms with Crippen LogP contribution in [0.15, 0.2) is 35.3 Å². The van der Waals surface area contributed by atoms with E-state index in [9.17, 15) is 5.11 Å². The molecule has 0 aliphatic carbocycles. The number of thiophene rings is 1. The molecule has 1 aromatic heterocycles. The van der Waals surface area contributed by atoms with Crippen molar-refractivity contribution < 1.29 is 5.11 Å². The number of aliphatic hydroxyl groups is 1. The van der Waals surface area contributed by atoms with Gasteiger partial charge in [0.1, 0.15) is 11.2 Å². The molecule has 0 saturated heterocycles. The number of amidine groups is 1. The summed E-state index contributed by atoms with van der Waals surface area (Å²) in [5.41, 5.74) is 8.66. The third kappa shape index (κ3) is 4.64. The van der Waals surface area contributed by atoms with Crippen LogP contribution in [0.4, 0.5) is 5.00 Å². The standard InChI is InChI=1S/C18H26N4OS/c1-12-15(17(19)23)18(21-13(2)20-10-11-22(3)4)24-16(12)14-8-6-5-7-9-14/h5-9,17,23H,10-11,19H2,1-4H3,(H,20,21). The molecule has 2 rings (SSSR count). The van der Waals surface area contributed by atoms with E-state index >= 15 is 0 Å². The highest BCUT2D eigenvalue weighted by atomic mass is 32.1. The highest BCUT2D eigenvalue weighted by Crippen LogP contribution is 2.41. The number of nitrogens with one attached hydrogen (secondary N) is 1. The fraction of sp³-hybridized carbons (Fsp3) is 0.389. The molecule has 5 nitrogen and oxygen atoms in total. The number of anilines is 1. The van der Waals surface area contributed by atoms with E-state index in [0.717, 1.165) is 45.5 Å². The summed E-state index contributed by atoms with van der Waals surface area (Å²) in [5, 5.41) is 14.2. The maximum absolute atomic E-state index is 10.0. The Bertz CT molecular complexity index is 693. The molecule has 4 N–H and O–H groups in total. The summed E-state index contributed by atoms with van der Waals surface area (Å²) in [6.45, 7) is 5.54. The molecule has 6 heteroatoms. The second-order valence-corrected chi connectivity index (χ2v) is 7.03. The van der Waals surface area contributed by atoms with Crippen LogP contribution in [0.3, 0.4) is 0 Å². The number of aliphatic hydroxyl groups excluding tert-OH is 1.